The normalized spacial score (nSPS) is 24.5. The van der Waals surface area contributed by atoms with Crippen molar-refractivity contribution in [1.29, 1.82) is 0 Å². The van der Waals surface area contributed by atoms with Crippen LogP contribution in [0.15, 0.2) is 46.7 Å². The van der Waals surface area contributed by atoms with Crippen LogP contribution < -0.4 is 11.5 Å². The van der Waals surface area contributed by atoms with Crippen LogP contribution in [0, 0.1) is 24.2 Å². The van der Waals surface area contributed by atoms with E-state index >= 15 is 0 Å². The zero-order chi connectivity index (χ0) is 31.3. The maximum Gasteiger partial charge on any atom is 0.416 e. The maximum absolute atomic E-state index is 13.2. The average molecular weight is 601 g/mol. The standard InChI is InChI=1S/C31H39F3N6O3/c1-18-23(16-40(38-18)15-19-6-5-7-21(12-19)31(32,33)34)26-24(27(36)41)25(35)22(8-10-37-26)20-13-30(14-20)9-11-39(17-30)28(42)43-29(2,3)4/h5-7,12,16,20,22H,8-11,13-15,17,35H2,1-4H3,(H2,36,41). The minimum Gasteiger partial charge on any atom is -0.444 e. The van der Waals surface area contributed by atoms with Crippen LogP contribution in [0.3, 0.4) is 0 Å². The summed E-state index contributed by atoms with van der Waals surface area (Å²) in [5, 5.41) is 4.49. The molecule has 2 fully saturated rings. The molecular formula is C31H39F3N6O3. The molecule has 1 spiro atoms. The highest BCUT2D eigenvalue weighted by atomic mass is 19.4. The van der Waals surface area contributed by atoms with Gasteiger partial charge in [0, 0.05) is 43.0 Å². The van der Waals surface area contributed by atoms with E-state index in [1.165, 1.54) is 10.7 Å². The number of allylic oxidation sites excluding steroid dienone is 1. The van der Waals surface area contributed by atoms with E-state index in [1.54, 1.807) is 24.1 Å². The fraction of sp³-hybridized carbons (Fsp3) is 0.548. The number of carbonyl (C=O) groups is 2. The van der Waals surface area contributed by atoms with Gasteiger partial charge in [-0.05, 0) is 82.4 Å². The molecular weight excluding hydrogens is 561 g/mol. The highest BCUT2D eigenvalue weighted by Crippen LogP contribution is 2.56. The Morgan fingerprint density at radius 3 is 2.56 bits per heavy atom. The molecule has 9 nitrogen and oxygen atoms in total. The van der Waals surface area contributed by atoms with Gasteiger partial charge in [0.05, 0.1) is 29.1 Å². The van der Waals surface area contributed by atoms with E-state index < -0.39 is 23.2 Å². The van der Waals surface area contributed by atoms with E-state index in [2.05, 4.69) is 5.10 Å². The molecule has 1 saturated carbocycles. The number of aliphatic imine (C=N–C) groups is 1. The fourth-order valence-corrected chi connectivity index (χ4v) is 6.79. The summed E-state index contributed by atoms with van der Waals surface area (Å²) in [4.78, 5) is 31.9. The summed E-state index contributed by atoms with van der Waals surface area (Å²) in [5.41, 5.74) is 13.9. The number of ether oxygens (including phenoxy) is 1. The number of nitrogens with zero attached hydrogens (tertiary/aromatic N) is 4. The number of aromatic nitrogens is 2. The van der Waals surface area contributed by atoms with Crippen LogP contribution in [0.5, 0.6) is 0 Å². The molecule has 1 saturated heterocycles. The van der Waals surface area contributed by atoms with Gasteiger partial charge >= 0.3 is 12.3 Å². The summed E-state index contributed by atoms with van der Waals surface area (Å²) in [5.74, 6) is -0.545. The molecule has 1 aliphatic carbocycles. The van der Waals surface area contributed by atoms with Crippen molar-refractivity contribution < 1.29 is 27.5 Å². The van der Waals surface area contributed by atoms with Crippen molar-refractivity contribution in [2.75, 3.05) is 19.6 Å². The van der Waals surface area contributed by atoms with Gasteiger partial charge in [-0.15, -0.1) is 0 Å². The third kappa shape index (κ3) is 6.42. The van der Waals surface area contributed by atoms with Crippen molar-refractivity contribution >= 4 is 17.7 Å². The van der Waals surface area contributed by atoms with E-state index in [9.17, 15) is 22.8 Å². The largest absolute Gasteiger partial charge is 0.444 e. The van der Waals surface area contributed by atoms with Crippen LogP contribution in [-0.2, 0) is 22.3 Å². The summed E-state index contributed by atoms with van der Waals surface area (Å²) in [6, 6.07) is 5.10. The van der Waals surface area contributed by atoms with Crippen molar-refractivity contribution in [1.82, 2.24) is 14.7 Å². The van der Waals surface area contributed by atoms with Crippen LogP contribution in [0.4, 0.5) is 18.0 Å². The number of benzene rings is 1. The topological polar surface area (TPSA) is 129 Å². The number of amides is 2. The van der Waals surface area contributed by atoms with Gasteiger partial charge < -0.3 is 21.1 Å². The van der Waals surface area contributed by atoms with Gasteiger partial charge in [-0.3, -0.25) is 14.5 Å². The van der Waals surface area contributed by atoms with Crippen LogP contribution in [-0.4, -0.2) is 57.6 Å². The van der Waals surface area contributed by atoms with Gasteiger partial charge in [0.1, 0.15) is 5.60 Å². The van der Waals surface area contributed by atoms with Gasteiger partial charge in [0.25, 0.3) is 5.91 Å². The molecule has 3 heterocycles. The number of aryl methyl sites for hydroxylation is 1. The first-order chi connectivity index (χ1) is 20.1. The zero-order valence-corrected chi connectivity index (χ0v) is 25.0. The molecule has 232 valence electrons. The Bertz CT molecular complexity index is 1480. The van der Waals surface area contributed by atoms with Crippen molar-refractivity contribution in [2.45, 2.75) is 71.7 Å². The van der Waals surface area contributed by atoms with Gasteiger partial charge in [-0.2, -0.15) is 18.3 Å². The summed E-state index contributed by atoms with van der Waals surface area (Å²) in [7, 11) is 0. The second kappa shape index (κ2) is 11.0. The highest BCUT2D eigenvalue weighted by molar-refractivity contribution is 6.28. The van der Waals surface area contributed by atoms with Gasteiger partial charge in [-0.1, -0.05) is 12.1 Å². The first kappa shape index (κ1) is 30.6. The lowest BCUT2D eigenvalue weighted by molar-refractivity contribution is -0.137. The molecule has 43 heavy (non-hydrogen) atoms. The van der Waals surface area contributed by atoms with Crippen molar-refractivity contribution in [3.8, 4) is 0 Å². The van der Waals surface area contributed by atoms with Crippen molar-refractivity contribution in [3.05, 3.63) is 64.1 Å². The number of carbonyl (C=O) groups excluding carboxylic acids is 2. The highest BCUT2D eigenvalue weighted by Gasteiger charge is 2.52. The molecule has 0 bridgehead atoms. The number of hydrogen-bond acceptors (Lipinski definition) is 6. The minimum absolute atomic E-state index is 0.0197. The van der Waals surface area contributed by atoms with E-state index in [4.69, 9.17) is 21.2 Å². The smallest absolute Gasteiger partial charge is 0.416 e. The summed E-state index contributed by atoms with van der Waals surface area (Å²) >= 11 is 0. The van der Waals surface area contributed by atoms with E-state index in [-0.39, 0.29) is 35.5 Å². The molecule has 0 radical (unpaired) electrons. The Kier molecular flexibility index (Phi) is 7.85. The second-order valence-electron chi connectivity index (χ2n) is 13.2. The lowest BCUT2D eigenvalue weighted by atomic mass is 9.56. The molecule has 1 aromatic heterocycles. The zero-order valence-electron chi connectivity index (χ0n) is 25.0. The summed E-state index contributed by atoms with van der Waals surface area (Å²) < 4.78 is 46.7. The monoisotopic (exact) mass is 600 g/mol. The molecule has 4 N–H and O–H groups in total. The molecule has 1 aromatic carbocycles. The third-order valence-corrected chi connectivity index (χ3v) is 8.73. The van der Waals surface area contributed by atoms with Crippen molar-refractivity contribution in [2.24, 2.45) is 33.7 Å². The molecule has 3 aliphatic rings. The third-order valence-electron chi connectivity index (χ3n) is 8.73. The first-order valence-electron chi connectivity index (χ1n) is 14.6. The molecule has 2 amide bonds. The first-order valence-corrected chi connectivity index (χ1v) is 14.6. The van der Waals surface area contributed by atoms with E-state index in [1.807, 2.05) is 20.8 Å². The van der Waals surface area contributed by atoms with Crippen LogP contribution in [0.25, 0.3) is 0 Å². The molecule has 2 aliphatic heterocycles. The second-order valence-corrected chi connectivity index (χ2v) is 13.2. The quantitative estimate of drug-likeness (QED) is 0.509. The van der Waals surface area contributed by atoms with Crippen LogP contribution in [0.1, 0.15) is 68.8 Å². The Morgan fingerprint density at radius 2 is 1.91 bits per heavy atom. The molecule has 5 rings (SSSR count). The fourth-order valence-electron chi connectivity index (χ4n) is 6.79. The van der Waals surface area contributed by atoms with E-state index in [0.29, 0.717) is 54.3 Å². The van der Waals surface area contributed by atoms with Gasteiger partial charge in [0.2, 0.25) is 0 Å². The molecule has 1 atom stereocenters. The predicted octanol–water partition coefficient (Wildman–Crippen LogP) is 4.80. The molecule has 2 aromatic rings. The number of nitrogens with two attached hydrogens (primary N) is 2. The van der Waals surface area contributed by atoms with Crippen LogP contribution in [0.2, 0.25) is 0 Å². The SMILES string of the molecule is Cc1nn(Cc2cccc(C(F)(F)F)c2)cc1C1=NCCC(C2CC3(CCN(C(=O)OC(C)(C)C)C3)C2)C(N)=C1C(N)=O. The summed E-state index contributed by atoms with van der Waals surface area (Å²) in [6.07, 6.45) is 0.251. The van der Waals surface area contributed by atoms with Gasteiger partial charge in [-0.25, -0.2) is 4.79 Å². The lowest BCUT2D eigenvalue weighted by Gasteiger charge is -2.48. The number of halogens is 3. The predicted molar refractivity (Wildman–Crippen MR) is 155 cm³/mol. The number of hydrogen-bond donors (Lipinski definition) is 2. The number of rotatable bonds is 5. The number of likely N-dealkylation sites (tertiary alicyclic amines) is 1. The molecule has 1 unspecified atom stereocenters. The maximum atomic E-state index is 13.2. The lowest BCUT2D eigenvalue weighted by Crippen LogP contribution is -2.45. The Labute approximate surface area is 249 Å². The van der Waals surface area contributed by atoms with Crippen LogP contribution >= 0.6 is 0 Å². The number of alkyl halides is 3. The molecule has 12 heteroatoms. The average Bonchev–Trinajstić information content (AvgIpc) is 3.43. The Balaban J connectivity index is 1.32. The van der Waals surface area contributed by atoms with Crippen molar-refractivity contribution in [3.63, 3.8) is 0 Å². The minimum atomic E-state index is -4.44. The number of primary amides is 1. The summed E-state index contributed by atoms with van der Waals surface area (Å²) in [6.45, 7) is 9.15. The van der Waals surface area contributed by atoms with E-state index in [0.717, 1.165) is 31.4 Å². The van der Waals surface area contributed by atoms with Gasteiger partial charge in [0.15, 0.2) is 0 Å². The Morgan fingerprint density at radius 1 is 1.19 bits per heavy atom. The Hall–Kier alpha value is -3.83.